The van der Waals surface area contributed by atoms with E-state index < -0.39 is 17.5 Å². The van der Waals surface area contributed by atoms with Gasteiger partial charge in [-0.25, -0.2) is 9.59 Å². The minimum atomic E-state index is -1.80. The summed E-state index contributed by atoms with van der Waals surface area (Å²) in [7, 11) is 0. The van der Waals surface area contributed by atoms with Crippen LogP contribution in [0.1, 0.15) is 26.3 Å². The van der Waals surface area contributed by atoms with Crippen LogP contribution in [0, 0.1) is 0 Å². The lowest BCUT2D eigenvalue weighted by Gasteiger charge is -2.20. The van der Waals surface area contributed by atoms with Crippen molar-refractivity contribution in [2.75, 3.05) is 13.2 Å². The highest BCUT2D eigenvalue weighted by Crippen LogP contribution is 2.18. The largest absolute Gasteiger partial charge is 0.507 e. The number of benzene rings is 1. The van der Waals surface area contributed by atoms with Gasteiger partial charge in [0.25, 0.3) is 5.54 Å². The number of rotatable bonds is 6. The molecular formula is C15H19NO5. The summed E-state index contributed by atoms with van der Waals surface area (Å²) in [6.45, 7) is 4.84. The van der Waals surface area contributed by atoms with E-state index in [2.05, 4.69) is 4.99 Å². The zero-order valence-corrected chi connectivity index (χ0v) is 12.3. The van der Waals surface area contributed by atoms with Crippen molar-refractivity contribution < 1.29 is 24.2 Å². The first-order chi connectivity index (χ1) is 9.95. The number of ether oxygens (including phenoxy) is 2. The third-order valence-corrected chi connectivity index (χ3v) is 2.74. The number of para-hydroxylation sites is 1. The molecule has 0 aliphatic rings. The van der Waals surface area contributed by atoms with Crippen molar-refractivity contribution in [1.82, 2.24) is 0 Å². The van der Waals surface area contributed by atoms with Crippen molar-refractivity contribution in [3.8, 4) is 5.75 Å². The fourth-order valence-corrected chi connectivity index (χ4v) is 1.53. The Morgan fingerprint density at radius 3 is 2.19 bits per heavy atom. The standard InChI is InChI=1S/C15H19NO5/c1-4-20-13(18)15(3,14(19)21-5-2)16-10-11-8-6-7-9-12(11)17/h6-10,17H,4-5H2,1-3H3. The van der Waals surface area contributed by atoms with Gasteiger partial charge in [0.15, 0.2) is 0 Å². The van der Waals surface area contributed by atoms with Crippen LogP contribution < -0.4 is 0 Å². The molecule has 0 aliphatic heterocycles. The molecule has 0 fully saturated rings. The molecule has 0 aromatic heterocycles. The van der Waals surface area contributed by atoms with E-state index in [1.54, 1.807) is 32.0 Å². The van der Waals surface area contributed by atoms with Crippen molar-refractivity contribution in [3.05, 3.63) is 29.8 Å². The SMILES string of the molecule is CCOC(=O)C(C)(N=Cc1ccccc1O)C(=O)OCC. The highest BCUT2D eigenvalue weighted by atomic mass is 16.6. The molecule has 0 spiro atoms. The number of aromatic hydroxyl groups is 1. The second-order valence-corrected chi connectivity index (χ2v) is 4.33. The molecule has 0 saturated heterocycles. The average molecular weight is 293 g/mol. The first kappa shape index (κ1) is 16.7. The minimum absolute atomic E-state index is 0.00341. The Kier molecular flexibility index (Phi) is 5.90. The molecule has 0 bridgehead atoms. The summed E-state index contributed by atoms with van der Waals surface area (Å²) in [4.78, 5) is 28.0. The van der Waals surface area contributed by atoms with Crippen LogP contribution in [0.3, 0.4) is 0 Å². The maximum absolute atomic E-state index is 12.0. The number of phenolic OH excluding ortho intramolecular Hbond substituents is 1. The van der Waals surface area contributed by atoms with Crippen molar-refractivity contribution in [2.24, 2.45) is 4.99 Å². The van der Waals surface area contributed by atoms with E-state index in [0.29, 0.717) is 5.56 Å². The van der Waals surface area contributed by atoms with Gasteiger partial charge in [-0.15, -0.1) is 0 Å². The normalized spacial score (nSPS) is 11.4. The van der Waals surface area contributed by atoms with E-state index in [0.717, 1.165) is 0 Å². The Morgan fingerprint density at radius 1 is 1.19 bits per heavy atom. The molecule has 6 heteroatoms. The van der Waals surface area contributed by atoms with Gasteiger partial charge in [-0.05, 0) is 32.9 Å². The summed E-state index contributed by atoms with van der Waals surface area (Å²) in [6.07, 6.45) is 1.25. The number of hydrogen-bond acceptors (Lipinski definition) is 6. The monoisotopic (exact) mass is 293 g/mol. The molecule has 1 N–H and O–H groups in total. The molecular weight excluding hydrogens is 274 g/mol. The van der Waals surface area contributed by atoms with Gasteiger partial charge in [0.05, 0.1) is 13.2 Å². The number of phenols is 1. The van der Waals surface area contributed by atoms with Crippen LogP contribution in [-0.2, 0) is 19.1 Å². The zero-order chi connectivity index (χ0) is 15.9. The van der Waals surface area contributed by atoms with Gasteiger partial charge < -0.3 is 14.6 Å². The lowest BCUT2D eigenvalue weighted by molar-refractivity contribution is -0.162. The molecule has 1 aromatic rings. The molecule has 0 radical (unpaired) electrons. The molecule has 0 heterocycles. The van der Waals surface area contributed by atoms with Crippen molar-refractivity contribution in [1.29, 1.82) is 0 Å². The molecule has 0 aliphatic carbocycles. The Morgan fingerprint density at radius 2 is 1.71 bits per heavy atom. The first-order valence-electron chi connectivity index (χ1n) is 6.63. The Bertz CT molecular complexity index is 521. The van der Waals surface area contributed by atoms with Crippen LogP contribution in [0.2, 0.25) is 0 Å². The van der Waals surface area contributed by atoms with Gasteiger partial charge in [0.1, 0.15) is 5.75 Å². The smallest absolute Gasteiger partial charge is 0.345 e. The molecule has 6 nitrogen and oxygen atoms in total. The van der Waals surface area contributed by atoms with E-state index in [4.69, 9.17) is 9.47 Å². The van der Waals surface area contributed by atoms with E-state index >= 15 is 0 Å². The summed E-state index contributed by atoms with van der Waals surface area (Å²) in [5.41, 5.74) is -1.41. The lowest BCUT2D eigenvalue weighted by Crippen LogP contribution is -2.44. The maximum atomic E-state index is 12.0. The molecule has 0 amide bonds. The van der Waals surface area contributed by atoms with Crippen LogP contribution in [0.5, 0.6) is 5.75 Å². The number of aliphatic imine (C=N–C) groups is 1. The van der Waals surface area contributed by atoms with Gasteiger partial charge in [-0.3, -0.25) is 4.99 Å². The minimum Gasteiger partial charge on any atom is -0.507 e. The zero-order valence-electron chi connectivity index (χ0n) is 12.3. The second kappa shape index (κ2) is 7.42. The summed E-state index contributed by atoms with van der Waals surface area (Å²) >= 11 is 0. The molecule has 0 saturated carbocycles. The van der Waals surface area contributed by atoms with Crippen molar-refractivity contribution >= 4 is 18.2 Å². The Hall–Kier alpha value is -2.37. The third-order valence-electron chi connectivity index (χ3n) is 2.74. The number of carbonyl (C=O) groups is 2. The van der Waals surface area contributed by atoms with Crippen LogP contribution in [-0.4, -0.2) is 42.0 Å². The lowest BCUT2D eigenvalue weighted by atomic mass is 10.0. The molecule has 1 aromatic carbocycles. The van der Waals surface area contributed by atoms with E-state index in [9.17, 15) is 14.7 Å². The first-order valence-corrected chi connectivity index (χ1v) is 6.63. The topological polar surface area (TPSA) is 85.2 Å². The van der Waals surface area contributed by atoms with Crippen molar-refractivity contribution in [2.45, 2.75) is 26.3 Å². The summed E-state index contributed by atoms with van der Waals surface area (Å²) in [6, 6.07) is 6.44. The van der Waals surface area contributed by atoms with E-state index in [1.165, 1.54) is 19.2 Å². The van der Waals surface area contributed by atoms with Gasteiger partial charge in [-0.1, -0.05) is 12.1 Å². The molecule has 0 atom stereocenters. The number of esters is 2. The Balaban J connectivity index is 3.10. The predicted octanol–water partition coefficient (Wildman–Crippen LogP) is 1.70. The molecule has 114 valence electrons. The number of nitrogens with zero attached hydrogens (tertiary/aromatic N) is 1. The van der Waals surface area contributed by atoms with Crippen LogP contribution >= 0.6 is 0 Å². The van der Waals surface area contributed by atoms with E-state index in [-0.39, 0.29) is 19.0 Å². The highest BCUT2D eigenvalue weighted by Gasteiger charge is 2.44. The fourth-order valence-electron chi connectivity index (χ4n) is 1.53. The maximum Gasteiger partial charge on any atom is 0.345 e. The van der Waals surface area contributed by atoms with Crippen LogP contribution in [0.4, 0.5) is 0 Å². The highest BCUT2D eigenvalue weighted by molar-refractivity contribution is 6.06. The van der Waals surface area contributed by atoms with Gasteiger partial charge >= 0.3 is 11.9 Å². The number of hydrogen-bond donors (Lipinski definition) is 1. The summed E-state index contributed by atoms with van der Waals surface area (Å²) in [5, 5.41) is 9.67. The third kappa shape index (κ3) is 4.05. The van der Waals surface area contributed by atoms with Gasteiger partial charge in [0.2, 0.25) is 0 Å². The fraction of sp³-hybridized carbons (Fsp3) is 0.400. The van der Waals surface area contributed by atoms with Crippen LogP contribution in [0.15, 0.2) is 29.3 Å². The molecule has 21 heavy (non-hydrogen) atoms. The Labute approximate surface area is 123 Å². The number of carbonyl (C=O) groups excluding carboxylic acids is 2. The van der Waals surface area contributed by atoms with Crippen LogP contribution in [0.25, 0.3) is 0 Å². The van der Waals surface area contributed by atoms with Crippen molar-refractivity contribution in [3.63, 3.8) is 0 Å². The molecule has 0 unspecified atom stereocenters. The summed E-state index contributed by atoms with van der Waals surface area (Å²) < 4.78 is 9.75. The van der Waals surface area contributed by atoms with E-state index in [1.807, 2.05) is 0 Å². The van der Waals surface area contributed by atoms with Gasteiger partial charge in [0, 0.05) is 11.8 Å². The molecule has 1 rings (SSSR count). The summed E-state index contributed by atoms with van der Waals surface area (Å²) in [5.74, 6) is -1.60. The van der Waals surface area contributed by atoms with Gasteiger partial charge in [-0.2, -0.15) is 0 Å². The second-order valence-electron chi connectivity index (χ2n) is 4.33. The average Bonchev–Trinajstić information content (AvgIpc) is 2.46. The predicted molar refractivity (Wildman–Crippen MR) is 77.4 cm³/mol. The quantitative estimate of drug-likeness (QED) is 0.490.